The van der Waals surface area contributed by atoms with Crippen LogP contribution in [0.25, 0.3) is 0 Å². The van der Waals surface area contributed by atoms with E-state index in [9.17, 15) is 9.59 Å². The fourth-order valence-electron chi connectivity index (χ4n) is 3.63. The third kappa shape index (κ3) is 5.06. The van der Waals surface area contributed by atoms with E-state index in [1.807, 2.05) is 37.6 Å². The predicted molar refractivity (Wildman–Crippen MR) is 98.0 cm³/mol. The molecule has 0 aromatic carbocycles. The average Bonchev–Trinajstić information content (AvgIpc) is 2.95. The first kappa shape index (κ1) is 19.5. The Kier molecular flexibility index (Phi) is 6.62. The van der Waals surface area contributed by atoms with Crippen molar-refractivity contribution >= 4 is 11.8 Å². The van der Waals surface area contributed by atoms with Gasteiger partial charge in [-0.2, -0.15) is 5.10 Å². The summed E-state index contributed by atoms with van der Waals surface area (Å²) < 4.78 is 1.90. The highest BCUT2D eigenvalue weighted by Crippen LogP contribution is 2.35. The summed E-state index contributed by atoms with van der Waals surface area (Å²) in [6.45, 7) is 4.96. The molecule has 0 radical (unpaired) electrons. The van der Waals surface area contributed by atoms with Crippen LogP contribution in [0.5, 0.6) is 0 Å². The molecule has 1 aromatic heterocycles. The second kappa shape index (κ2) is 8.50. The summed E-state index contributed by atoms with van der Waals surface area (Å²) in [6.07, 6.45) is 5.11. The lowest BCUT2D eigenvalue weighted by atomic mass is 9.80. The van der Waals surface area contributed by atoms with Gasteiger partial charge >= 0.3 is 0 Å². The Morgan fingerprint density at radius 3 is 2.40 bits per heavy atom. The molecule has 0 aliphatic heterocycles. The Balaban J connectivity index is 1.90. The van der Waals surface area contributed by atoms with Gasteiger partial charge in [-0.05, 0) is 37.7 Å². The molecule has 1 heterocycles. The molecule has 2 rings (SSSR count). The second-order valence-corrected chi connectivity index (χ2v) is 7.40. The normalized spacial score (nSPS) is 20.4. The van der Waals surface area contributed by atoms with Crippen LogP contribution >= 0.6 is 0 Å². The van der Waals surface area contributed by atoms with Crippen molar-refractivity contribution in [1.82, 2.24) is 19.6 Å². The zero-order valence-corrected chi connectivity index (χ0v) is 16.3. The zero-order valence-electron chi connectivity index (χ0n) is 16.3. The van der Waals surface area contributed by atoms with Crippen LogP contribution in [0.3, 0.4) is 0 Å². The monoisotopic (exact) mass is 348 g/mol. The van der Waals surface area contributed by atoms with Crippen molar-refractivity contribution in [1.29, 1.82) is 0 Å². The highest BCUT2D eigenvalue weighted by atomic mass is 16.2. The summed E-state index contributed by atoms with van der Waals surface area (Å²) >= 11 is 0. The van der Waals surface area contributed by atoms with Crippen molar-refractivity contribution < 1.29 is 9.59 Å². The minimum Gasteiger partial charge on any atom is -0.345 e. The Labute approximate surface area is 151 Å². The molecular weight excluding hydrogens is 316 g/mol. The summed E-state index contributed by atoms with van der Waals surface area (Å²) in [6, 6.07) is 2.15. The summed E-state index contributed by atoms with van der Waals surface area (Å²) in [5.74, 6) is 1.38. The van der Waals surface area contributed by atoms with Gasteiger partial charge in [0.1, 0.15) is 0 Å². The van der Waals surface area contributed by atoms with Crippen LogP contribution in [0.15, 0.2) is 6.07 Å². The van der Waals surface area contributed by atoms with E-state index in [1.54, 1.807) is 11.8 Å². The second-order valence-electron chi connectivity index (χ2n) is 7.40. The van der Waals surface area contributed by atoms with E-state index in [0.29, 0.717) is 24.8 Å². The number of hydrogen-bond acceptors (Lipinski definition) is 3. The summed E-state index contributed by atoms with van der Waals surface area (Å²) in [5.41, 5.74) is 2.22. The minimum atomic E-state index is 0.0639. The number of carbonyl (C=O) groups excluding carboxylic acids is 2. The van der Waals surface area contributed by atoms with Crippen LogP contribution in [-0.2, 0) is 23.2 Å². The summed E-state index contributed by atoms with van der Waals surface area (Å²) in [4.78, 5) is 26.7. The highest BCUT2D eigenvalue weighted by molar-refractivity contribution is 5.75. The largest absolute Gasteiger partial charge is 0.345 e. The van der Waals surface area contributed by atoms with E-state index in [1.165, 1.54) is 0 Å². The van der Waals surface area contributed by atoms with E-state index < -0.39 is 0 Å². The van der Waals surface area contributed by atoms with Gasteiger partial charge in [-0.25, -0.2) is 0 Å². The molecule has 1 aromatic rings. The van der Waals surface area contributed by atoms with Crippen LogP contribution in [0.2, 0.25) is 0 Å². The molecule has 6 nitrogen and oxygen atoms in total. The summed E-state index contributed by atoms with van der Waals surface area (Å²) in [7, 11) is 5.67. The van der Waals surface area contributed by atoms with Crippen molar-refractivity contribution in [3.8, 4) is 0 Å². The molecule has 0 unspecified atom stereocenters. The molecule has 0 spiro atoms. The van der Waals surface area contributed by atoms with Crippen molar-refractivity contribution in [2.75, 3.05) is 20.6 Å². The van der Waals surface area contributed by atoms with Gasteiger partial charge in [0, 0.05) is 47.0 Å². The van der Waals surface area contributed by atoms with Crippen LogP contribution in [-0.4, -0.2) is 52.0 Å². The van der Waals surface area contributed by atoms with E-state index >= 15 is 0 Å². The third-order valence-electron chi connectivity index (χ3n) is 5.46. The predicted octanol–water partition coefficient (Wildman–Crippen LogP) is 2.54. The molecule has 1 fully saturated rings. The van der Waals surface area contributed by atoms with Gasteiger partial charge in [0.05, 0.1) is 17.9 Å². The number of aryl methyl sites for hydroxylation is 1. The first-order valence-corrected chi connectivity index (χ1v) is 9.30. The van der Waals surface area contributed by atoms with Crippen LogP contribution in [0.4, 0.5) is 0 Å². The molecule has 1 aliphatic rings. The fourth-order valence-corrected chi connectivity index (χ4v) is 3.63. The maximum Gasteiger partial charge on any atom is 0.222 e. The number of aromatic nitrogens is 2. The zero-order chi connectivity index (χ0) is 18.6. The van der Waals surface area contributed by atoms with E-state index in [-0.39, 0.29) is 11.8 Å². The van der Waals surface area contributed by atoms with Gasteiger partial charge in [-0.1, -0.05) is 6.92 Å². The average molecular weight is 348 g/mol. The Bertz CT molecular complexity index is 603. The van der Waals surface area contributed by atoms with Crippen molar-refractivity contribution in [3.63, 3.8) is 0 Å². The van der Waals surface area contributed by atoms with Crippen molar-refractivity contribution in [3.05, 3.63) is 17.5 Å². The molecule has 0 bridgehead atoms. The highest BCUT2D eigenvalue weighted by Gasteiger charge is 2.26. The lowest BCUT2D eigenvalue weighted by molar-refractivity contribution is -0.130. The Hall–Kier alpha value is -1.85. The first-order valence-electron chi connectivity index (χ1n) is 9.30. The number of nitrogens with zero attached hydrogens (tertiary/aromatic N) is 4. The quantitative estimate of drug-likeness (QED) is 0.794. The van der Waals surface area contributed by atoms with E-state index in [2.05, 4.69) is 11.2 Å². The molecule has 0 saturated heterocycles. The molecule has 25 heavy (non-hydrogen) atoms. The van der Waals surface area contributed by atoms with Crippen molar-refractivity contribution in [2.24, 2.45) is 13.0 Å². The first-order chi connectivity index (χ1) is 11.8. The topological polar surface area (TPSA) is 58.4 Å². The molecule has 1 aliphatic carbocycles. The molecule has 6 heteroatoms. The summed E-state index contributed by atoms with van der Waals surface area (Å²) in [5, 5.41) is 4.69. The maximum atomic E-state index is 11.7. The lowest BCUT2D eigenvalue weighted by Gasteiger charge is -2.30. The molecule has 0 atom stereocenters. The third-order valence-corrected chi connectivity index (χ3v) is 5.46. The molecule has 1 saturated carbocycles. The molecule has 0 N–H and O–H groups in total. The van der Waals surface area contributed by atoms with Crippen LogP contribution in [0.1, 0.15) is 63.3 Å². The van der Waals surface area contributed by atoms with Gasteiger partial charge in [-0.3, -0.25) is 14.3 Å². The van der Waals surface area contributed by atoms with Gasteiger partial charge in [0.2, 0.25) is 11.8 Å². The van der Waals surface area contributed by atoms with Gasteiger partial charge in [0.25, 0.3) is 0 Å². The Morgan fingerprint density at radius 2 is 1.84 bits per heavy atom. The van der Waals surface area contributed by atoms with Crippen LogP contribution < -0.4 is 0 Å². The number of carbonyl (C=O) groups is 2. The smallest absolute Gasteiger partial charge is 0.222 e. The molecule has 2 amide bonds. The van der Waals surface area contributed by atoms with Gasteiger partial charge in [0.15, 0.2) is 0 Å². The molecule has 140 valence electrons. The standard InChI is InChI=1S/C19H32N4O2/c1-6-19(25)22(4)12-15-7-9-16(10-8-15)18-11-17(23(5)20-18)13-21(3)14(2)24/h11,15-16H,6-10,12-13H2,1-5H3. The SMILES string of the molecule is CCC(=O)N(C)CC1CCC(c2cc(CN(C)C(C)=O)n(C)n2)CC1. The number of hydrogen-bond donors (Lipinski definition) is 0. The van der Waals surface area contributed by atoms with Crippen molar-refractivity contribution in [2.45, 2.75) is 58.4 Å². The van der Waals surface area contributed by atoms with E-state index in [4.69, 9.17) is 0 Å². The number of amides is 2. The number of rotatable bonds is 6. The fraction of sp³-hybridized carbons (Fsp3) is 0.737. The van der Waals surface area contributed by atoms with Gasteiger partial charge in [-0.15, -0.1) is 0 Å². The van der Waals surface area contributed by atoms with Crippen LogP contribution in [0, 0.1) is 5.92 Å². The lowest BCUT2D eigenvalue weighted by Crippen LogP contribution is -2.32. The van der Waals surface area contributed by atoms with E-state index in [0.717, 1.165) is 43.6 Å². The maximum absolute atomic E-state index is 11.7. The Morgan fingerprint density at radius 1 is 1.20 bits per heavy atom. The van der Waals surface area contributed by atoms with Gasteiger partial charge < -0.3 is 9.80 Å². The molecular formula is C19H32N4O2. The minimum absolute atomic E-state index is 0.0639.